The first kappa shape index (κ1) is 15.6. The monoisotopic (exact) mass is 266 g/mol. The molecule has 0 saturated carbocycles. The Hall–Kier alpha value is -1.46. The van der Waals surface area contributed by atoms with Crippen LogP contribution in [-0.2, 0) is 0 Å². The van der Waals surface area contributed by atoms with Gasteiger partial charge in [0, 0.05) is 24.2 Å². The molecule has 0 radical (unpaired) electrons. The van der Waals surface area contributed by atoms with Gasteiger partial charge in [-0.25, -0.2) is 0 Å². The zero-order valence-corrected chi connectivity index (χ0v) is 11.7. The number of rotatable bonds is 7. The number of nitrogens with one attached hydrogen (secondary N) is 1. The van der Waals surface area contributed by atoms with Gasteiger partial charge in [0.25, 0.3) is 5.69 Å². The zero-order valence-electron chi connectivity index (χ0n) is 11.7. The lowest BCUT2D eigenvalue weighted by molar-refractivity contribution is -0.384. The summed E-state index contributed by atoms with van der Waals surface area (Å²) in [6.07, 6.45) is 1.45. The Morgan fingerprint density at radius 3 is 2.42 bits per heavy atom. The molecule has 1 unspecified atom stereocenters. The van der Waals surface area contributed by atoms with Crippen molar-refractivity contribution < 1.29 is 10.0 Å². The molecule has 5 heteroatoms. The molecule has 5 nitrogen and oxygen atoms in total. The van der Waals surface area contributed by atoms with Crippen LogP contribution in [0.25, 0.3) is 0 Å². The largest absolute Gasteiger partial charge is 0.387 e. The lowest BCUT2D eigenvalue weighted by Crippen LogP contribution is -2.41. The van der Waals surface area contributed by atoms with Crippen molar-refractivity contribution in [2.24, 2.45) is 0 Å². The van der Waals surface area contributed by atoms with Crippen LogP contribution >= 0.6 is 0 Å². The van der Waals surface area contributed by atoms with Gasteiger partial charge in [-0.3, -0.25) is 10.1 Å². The summed E-state index contributed by atoms with van der Waals surface area (Å²) in [6, 6.07) is 6.01. The maximum absolute atomic E-state index is 10.5. The number of non-ortho nitro benzene ring substituents is 1. The first-order valence-electron chi connectivity index (χ1n) is 6.53. The average Bonchev–Trinajstić information content (AvgIpc) is 2.36. The van der Waals surface area contributed by atoms with Gasteiger partial charge in [0.15, 0.2) is 0 Å². The van der Waals surface area contributed by atoms with Crippen molar-refractivity contribution in [3.05, 3.63) is 39.9 Å². The van der Waals surface area contributed by atoms with Gasteiger partial charge in [-0.2, -0.15) is 0 Å². The van der Waals surface area contributed by atoms with E-state index in [4.69, 9.17) is 0 Å². The summed E-state index contributed by atoms with van der Waals surface area (Å²) in [7, 11) is 0. The summed E-state index contributed by atoms with van der Waals surface area (Å²) in [5.41, 5.74) is 0.705. The molecule has 2 N–H and O–H groups in total. The topological polar surface area (TPSA) is 75.4 Å². The fourth-order valence-corrected chi connectivity index (χ4v) is 2.02. The van der Waals surface area contributed by atoms with E-state index in [2.05, 4.69) is 26.1 Å². The molecular formula is C14H22N2O3. The molecule has 19 heavy (non-hydrogen) atoms. The number of aliphatic hydroxyl groups is 1. The first-order chi connectivity index (χ1) is 8.85. The summed E-state index contributed by atoms with van der Waals surface area (Å²) in [6.45, 7) is 6.75. The Kier molecular flexibility index (Phi) is 5.44. The number of nitrogens with zero attached hydrogens (tertiary/aromatic N) is 1. The fraction of sp³-hybridized carbons (Fsp3) is 0.571. The molecular weight excluding hydrogens is 244 g/mol. The van der Waals surface area contributed by atoms with Crippen LogP contribution in [0.3, 0.4) is 0 Å². The van der Waals surface area contributed by atoms with Gasteiger partial charge in [0.05, 0.1) is 11.0 Å². The van der Waals surface area contributed by atoms with Crippen LogP contribution in [0, 0.1) is 10.1 Å². The van der Waals surface area contributed by atoms with E-state index in [1.165, 1.54) is 12.1 Å². The van der Waals surface area contributed by atoms with E-state index in [1.807, 2.05) is 0 Å². The second-order valence-corrected chi connectivity index (χ2v) is 5.38. The Morgan fingerprint density at radius 1 is 1.37 bits per heavy atom. The Bertz CT molecular complexity index is 415. The molecule has 0 amide bonds. The van der Waals surface area contributed by atoms with E-state index in [-0.39, 0.29) is 11.2 Å². The van der Waals surface area contributed by atoms with Gasteiger partial charge in [-0.15, -0.1) is 0 Å². The average molecular weight is 266 g/mol. The minimum absolute atomic E-state index is 0.0174. The lowest BCUT2D eigenvalue weighted by Gasteiger charge is -2.27. The zero-order chi connectivity index (χ0) is 14.5. The fourth-order valence-electron chi connectivity index (χ4n) is 2.02. The summed E-state index contributed by atoms with van der Waals surface area (Å²) in [5, 5.41) is 23.9. The summed E-state index contributed by atoms with van der Waals surface area (Å²) in [5.74, 6) is 0. The van der Waals surface area contributed by atoms with Crippen LogP contribution in [0.15, 0.2) is 24.3 Å². The molecule has 1 aromatic rings. The highest BCUT2D eigenvalue weighted by Gasteiger charge is 2.18. The third-order valence-electron chi connectivity index (χ3n) is 3.14. The van der Waals surface area contributed by atoms with Crippen molar-refractivity contribution in [3.8, 4) is 0 Å². The van der Waals surface area contributed by atoms with Crippen LogP contribution in [0.1, 0.15) is 45.3 Å². The predicted octanol–water partition coefficient (Wildman–Crippen LogP) is 2.80. The lowest BCUT2D eigenvalue weighted by atomic mass is 9.98. The first-order valence-corrected chi connectivity index (χ1v) is 6.53. The SMILES string of the molecule is CCCC(C)(C)NCC(O)c1ccc([N+](=O)[O-])cc1. The van der Waals surface area contributed by atoms with Gasteiger partial charge < -0.3 is 10.4 Å². The van der Waals surface area contributed by atoms with Gasteiger partial charge in [-0.1, -0.05) is 13.3 Å². The Balaban J connectivity index is 2.58. The molecule has 0 aliphatic carbocycles. The quantitative estimate of drug-likeness (QED) is 0.588. The highest BCUT2D eigenvalue weighted by molar-refractivity contribution is 5.33. The van der Waals surface area contributed by atoms with E-state index < -0.39 is 11.0 Å². The molecule has 0 saturated heterocycles. The Labute approximate surface area is 113 Å². The van der Waals surface area contributed by atoms with Crippen molar-refractivity contribution in [1.82, 2.24) is 5.32 Å². The van der Waals surface area contributed by atoms with Crippen molar-refractivity contribution in [3.63, 3.8) is 0 Å². The van der Waals surface area contributed by atoms with E-state index in [1.54, 1.807) is 12.1 Å². The normalized spacial score (nSPS) is 13.3. The van der Waals surface area contributed by atoms with Crippen LogP contribution < -0.4 is 5.32 Å². The molecule has 0 fully saturated rings. The molecule has 1 rings (SSSR count). The molecule has 0 aliphatic rings. The minimum atomic E-state index is -0.656. The number of nitro groups is 1. The maximum Gasteiger partial charge on any atom is 0.269 e. The summed E-state index contributed by atoms with van der Waals surface area (Å²) < 4.78 is 0. The second-order valence-electron chi connectivity index (χ2n) is 5.38. The number of nitro benzene ring substituents is 1. The number of benzene rings is 1. The van der Waals surface area contributed by atoms with E-state index >= 15 is 0 Å². The van der Waals surface area contributed by atoms with E-state index in [9.17, 15) is 15.2 Å². The van der Waals surface area contributed by atoms with Crippen molar-refractivity contribution in [2.45, 2.75) is 45.3 Å². The molecule has 1 aromatic carbocycles. The number of β-amino-alcohol motifs (C(OH)–C–C–N with tert-alkyl or cyclic N) is 1. The third kappa shape index (κ3) is 4.96. The minimum Gasteiger partial charge on any atom is -0.387 e. The van der Waals surface area contributed by atoms with Crippen molar-refractivity contribution in [2.75, 3.05) is 6.54 Å². The van der Waals surface area contributed by atoms with E-state index in [0.717, 1.165) is 12.8 Å². The third-order valence-corrected chi connectivity index (χ3v) is 3.14. The van der Waals surface area contributed by atoms with Crippen LogP contribution in [0.4, 0.5) is 5.69 Å². The van der Waals surface area contributed by atoms with Crippen LogP contribution in [0.5, 0.6) is 0 Å². The van der Waals surface area contributed by atoms with Crippen molar-refractivity contribution >= 4 is 5.69 Å². The van der Waals surface area contributed by atoms with Crippen molar-refractivity contribution in [1.29, 1.82) is 0 Å². The van der Waals surface area contributed by atoms with Gasteiger partial charge in [-0.05, 0) is 38.0 Å². The number of hydrogen-bond donors (Lipinski definition) is 2. The molecule has 0 heterocycles. The standard InChI is InChI=1S/C14H22N2O3/c1-4-9-14(2,3)15-10-13(17)11-5-7-12(8-6-11)16(18)19/h5-8,13,15,17H,4,9-10H2,1-3H3. The smallest absolute Gasteiger partial charge is 0.269 e. The van der Waals surface area contributed by atoms with Gasteiger partial charge in [0.2, 0.25) is 0 Å². The summed E-state index contributed by atoms with van der Waals surface area (Å²) in [4.78, 5) is 10.1. The molecule has 0 aliphatic heterocycles. The van der Waals surface area contributed by atoms with E-state index in [0.29, 0.717) is 12.1 Å². The Morgan fingerprint density at radius 2 is 1.95 bits per heavy atom. The number of hydrogen-bond acceptors (Lipinski definition) is 4. The molecule has 1 atom stereocenters. The maximum atomic E-state index is 10.5. The number of aliphatic hydroxyl groups excluding tert-OH is 1. The second kappa shape index (κ2) is 6.63. The molecule has 106 valence electrons. The highest BCUT2D eigenvalue weighted by atomic mass is 16.6. The van der Waals surface area contributed by atoms with Crippen LogP contribution in [0.2, 0.25) is 0 Å². The molecule has 0 spiro atoms. The summed E-state index contributed by atoms with van der Waals surface area (Å²) >= 11 is 0. The predicted molar refractivity (Wildman–Crippen MR) is 75.0 cm³/mol. The highest BCUT2D eigenvalue weighted by Crippen LogP contribution is 2.18. The van der Waals surface area contributed by atoms with Crippen LogP contribution in [-0.4, -0.2) is 22.1 Å². The molecule has 0 aromatic heterocycles. The van der Waals surface area contributed by atoms with Gasteiger partial charge in [0.1, 0.15) is 0 Å². The van der Waals surface area contributed by atoms with Gasteiger partial charge >= 0.3 is 0 Å². The molecule has 0 bridgehead atoms.